The Hall–Kier alpha value is -0.160. The van der Waals surface area contributed by atoms with Gasteiger partial charge in [-0.2, -0.15) is 0 Å². The van der Waals surface area contributed by atoms with Crippen molar-refractivity contribution in [1.29, 1.82) is 0 Å². The molecule has 2 unspecified atom stereocenters. The number of rotatable bonds is 2. The van der Waals surface area contributed by atoms with E-state index in [0.29, 0.717) is 6.42 Å². The summed E-state index contributed by atoms with van der Waals surface area (Å²) in [4.78, 5) is 0. The minimum atomic E-state index is -0.470. The second-order valence-corrected chi connectivity index (χ2v) is 3.86. The Balaban J connectivity index is 2.46. The zero-order valence-corrected chi connectivity index (χ0v) is 8.43. The van der Waals surface area contributed by atoms with Crippen molar-refractivity contribution in [1.82, 2.24) is 0 Å². The van der Waals surface area contributed by atoms with Gasteiger partial charge < -0.3 is 20.3 Å². The topological polar surface area (TPSA) is 64.7 Å². The van der Waals surface area contributed by atoms with Crippen LogP contribution in [0.15, 0.2) is 0 Å². The number of aliphatic hydroxyl groups is 1. The second kappa shape index (κ2) is 4.37. The maximum absolute atomic E-state index is 9.44. The highest BCUT2D eigenvalue weighted by Gasteiger charge is 2.33. The fourth-order valence-corrected chi connectivity index (χ4v) is 1.39. The summed E-state index contributed by atoms with van der Waals surface area (Å²) in [5.41, 5.74) is 5.77. The van der Waals surface area contributed by atoms with Gasteiger partial charge in [0.1, 0.15) is 0 Å². The molecule has 4 nitrogen and oxygen atoms in total. The predicted molar refractivity (Wildman–Crippen MR) is 49.2 cm³/mol. The minimum Gasteiger partial charge on any atom is -0.390 e. The highest BCUT2D eigenvalue weighted by molar-refractivity contribution is 4.81. The van der Waals surface area contributed by atoms with Crippen LogP contribution in [0.3, 0.4) is 0 Å². The van der Waals surface area contributed by atoms with Crippen LogP contribution in [0.1, 0.15) is 27.2 Å². The largest absolute Gasteiger partial charge is 0.390 e. The Morgan fingerprint density at radius 2 is 2.15 bits per heavy atom. The molecule has 0 bridgehead atoms. The van der Waals surface area contributed by atoms with E-state index in [1.165, 1.54) is 0 Å². The first kappa shape index (κ1) is 10.9. The fourth-order valence-electron chi connectivity index (χ4n) is 1.39. The molecule has 1 heterocycles. The van der Waals surface area contributed by atoms with Crippen LogP contribution in [0.5, 0.6) is 0 Å². The van der Waals surface area contributed by atoms with Gasteiger partial charge in [0.15, 0.2) is 6.29 Å². The van der Waals surface area contributed by atoms with Gasteiger partial charge in [-0.3, -0.25) is 0 Å². The summed E-state index contributed by atoms with van der Waals surface area (Å²) in [5.74, 6) is 0. The molecule has 0 aliphatic carbocycles. The lowest BCUT2D eigenvalue weighted by Crippen LogP contribution is -2.51. The number of nitrogens with two attached hydrogens (primary N) is 1. The first-order valence-corrected chi connectivity index (χ1v) is 4.75. The summed E-state index contributed by atoms with van der Waals surface area (Å²) in [6, 6.07) is -0.228. The Morgan fingerprint density at radius 3 is 2.69 bits per heavy atom. The molecular weight excluding hydrogens is 170 g/mol. The lowest BCUT2D eigenvalue weighted by molar-refractivity contribution is -0.237. The fraction of sp³-hybridized carbons (Fsp3) is 1.00. The summed E-state index contributed by atoms with van der Waals surface area (Å²) in [6.07, 6.45) is -0.402. The van der Waals surface area contributed by atoms with Crippen LogP contribution in [-0.2, 0) is 9.47 Å². The standard InChI is InChI=1S/C9H19NO3/c1-5(2)12-9-7(10)4-8(11)6(3)13-9/h5-9,11H,4,10H2,1-3H3/t6?,7?,8-,9-/m0/s1. The quantitative estimate of drug-likeness (QED) is 0.653. The van der Waals surface area contributed by atoms with E-state index in [0.717, 1.165) is 0 Å². The normalized spacial score (nSPS) is 41.1. The van der Waals surface area contributed by atoms with E-state index >= 15 is 0 Å². The third-order valence-corrected chi connectivity index (χ3v) is 2.16. The van der Waals surface area contributed by atoms with Crippen LogP contribution >= 0.6 is 0 Å². The lowest BCUT2D eigenvalue weighted by Gasteiger charge is -2.36. The van der Waals surface area contributed by atoms with Crippen molar-refractivity contribution in [2.75, 3.05) is 0 Å². The number of aliphatic hydroxyl groups excluding tert-OH is 1. The molecule has 4 heteroatoms. The molecule has 13 heavy (non-hydrogen) atoms. The molecule has 1 fully saturated rings. The van der Waals surface area contributed by atoms with Crippen molar-refractivity contribution in [3.63, 3.8) is 0 Å². The number of ether oxygens (including phenoxy) is 2. The molecule has 0 radical (unpaired) electrons. The third-order valence-electron chi connectivity index (χ3n) is 2.16. The highest BCUT2D eigenvalue weighted by atomic mass is 16.7. The molecular formula is C9H19NO3. The van der Waals surface area contributed by atoms with Crippen LogP contribution in [0, 0.1) is 0 Å². The Labute approximate surface area is 79.0 Å². The van der Waals surface area contributed by atoms with Crippen LogP contribution in [0.2, 0.25) is 0 Å². The van der Waals surface area contributed by atoms with E-state index < -0.39 is 6.10 Å². The monoisotopic (exact) mass is 189 g/mol. The molecule has 78 valence electrons. The molecule has 1 saturated heterocycles. The van der Waals surface area contributed by atoms with Crippen LogP contribution in [0.4, 0.5) is 0 Å². The van der Waals surface area contributed by atoms with Gasteiger partial charge >= 0.3 is 0 Å². The van der Waals surface area contributed by atoms with E-state index in [4.69, 9.17) is 15.2 Å². The summed E-state index contributed by atoms with van der Waals surface area (Å²) < 4.78 is 10.9. The van der Waals surface area contributed by atoms with Crippen molar-refractivity contribution >= 4 is 0 Å². The zero-order chi connectivity index (χ0) is 10.0. The molecule has 0 saturated carbocycles. The zero-order valence-electron chi connectivity index (χ0n) is 8.43. The first-order chi connectivity index (χ1) is 6.00. The molecule has 0 aromatic carbocycles. The van der Waals surface area contributed by atoms with Crippen molar-refractivity contribution in [2.45, 2.75) is 57.8 Å². The van der Waals surface area contributed by atoms with Gasteiger partial charge in [0.05, 0.1) is 24.4 Å². The van der Waals surface area contributed by atoms with Gasteiger partial charge in [-0.05, 0) is 27.2 Å². The van der Waals surface area contributed by atoms with E-state index in [2.05, 4.69) is 0 Å². The maximum Gasteiger partial charge on any atom is 0.173 e. The highest BCUT2D eigenvalue weighted by Crippen LogP contribution is 2.20. The van der Waals surface area contributed by atoms with Gasteiger partial charge in [-0.1, -0.05) is 0 Å². The van der Waals surface area contributed by atoms with Gasteiger partial charge in [-0.15, -0.1) is 0 Å². The van der Waals surface area contributed by atoms with Gasteiger partial charge in [0.25, 0.3) is 0 Å². The Bertz CT molecular complexity index is 163. The molecule has 0 spiro atoms. The van der Waals surface area contributed by atoms with Crippen molar-refractivity contribution in [3.05, 3.63) is 0 Å². The van der Waals surface area contributed by atoms with Crippen LogP contribution in [0.25, 0.3) is 0 Å². The number of hydrogen-bond donors (Lipinski definition) is 2. The molecule has 1 rings (SSSR count). The predicted octanol–water partition coefficient (Wildman–Crippen LogP) is 0.235. The molecule has 1 aliphatic rings. The summed E-state index contributed by atoms with van der Waals surface area (Å²) in [7, 11) is 0. The van der Waals surface area contributed by atoms with Crippen molar-refractivity contribution in [3.8, 4) is 0 Å². The third kappa shape index (κ3) is 2.91. The van der Waals surface area contributed by atoms with Gasteiger partial charge in [0.2, 0.25) is 0 Å². The molecule has 0 aromatic heterocycles. The van der Waals surface area contributed by atoms with Crippen LogP contribution in [-0.4, -0.2) is 35.8 Å². The minimum absolute atomic E-state index is 0.0958. The second-order valence-electron chi connectivity index (χ2n) is 3.86. The molecule has 0 amide bonds. The SMILES string of the molecule is CC(C)O[C@H]1OC(C)[C@@H](O)CC1N. The summed E-state index contributed by atoms with van der Waals surface area (Å²) in [5, 5.41) is 9.44. The van der Waals surface area contributed by atoms with Crippen LogP contribution < -0.4 is 5.73 Å². The average molecular weight is 189 g/mol. The number of hydrogen-bond acceptors (Lipinski definition) is 4. The van der Waals surface area contributed by atoms with E-state index in [1.54, 1.807) is 0 Å². The lowest BCUT2D eigenvalue weighted by atomic mass is 10.0. The molecule has 3 N–H and O–H groups in total. The van der Waals surface area contributed by atoms with Crippen molar-refractivity contribution in [2.24, 2.45) is 5.73 Å². The molecule has 1 aliphatic heterocycles. The Morgan fingerprint density at radius 1 is 1.54 bits per heavy atom. The summed E-state index contributed by atoms with van der Waals surface area (Å²) in [6.45, 7) is 5.70. The maximum atomic E-state index is 9.44. The van der Waals surface area contributed by atoms with Crippen molar-refractivity contribution < 1.29 is 14.6 Å². The van der Waals surface area contributed by atoms with E-state index in [1.807, 2.05) is 20.8 Å². The molecule has 4 atom stereocenters. The first-order valence-electron chi connectivity index (χ1n) is 4.75. The average Bonchev–Trinajstić information content (AvgIpc) is 1.99. The molecule has 0 aromatic rings. The smallest absolute Gasteiger partial charge is 0.173 e. The Kier molecular flexibility index (Phi) is 3.67. The van der Waals surface area contributed by atoms with E-state index in [9.17, 15) is 5.11 Å². The van der Waals surface area contributed by atoms with Gasteiger partial charge in [0, 0.05) is 0 Å². The van der Waals surface area contributed by atoms with E-state index in [-0.39, 0.29) is 24.5 Å². The summed E-state index contributed by atoms with van der Waals surface area (Å²) >= 11 is 0. The van der Waals surface area contributed by atoms with Gasteiger partial charge in [-0.25, -0.2) is 0 Å².